The van der Waals surface area contributed by atoms with Gasteiger partial charge in [-0.2, -0.15) is 0 Å². The molecule has 0 radical (unpaired) electrons. The fraction of sp³-hybridized carbons (Fsp3) is 0.833. The van der Waals surface area contributed by atoms with Gasteiger partial charge in [0.1, 0.15) is 0 Å². The number of carbonyl (C=O) groups is 2. The average molecular weight is 243 g/mol. The largest absolute Gasteiger partial charge is 0.325 e. The van der Waals surface area contributed by atoms with Crippen LogP contribution < -0.4 is 16.8 Å². The molecule has 0 saturated carbocycles. The molecule has 0 aromatic carbocycles. The van der Waals surface area contributed by atoms with Gasteiger partial charge >= 0.3 is 0 Å². The molecule has 0 rings (SSSR count). The zero-order valence-corrected chi connectivity index (χ0v) is 11.2. The predicted octanol–water partition coefficient (Wildman–Crippen LogP) is -0.175. The Morgan fingerprint density at radius 3 is 2.29 bits per heavy atom. The molecule has 0 aliphatic carbocycles. The third kappa shape index (κ3) is 4.93. The standard InChI is InChI=1S/C12H25N3O2/c1-5-9(7-15-4)12(3,14)6-10(13)11(17)8(2)16/h9-10,15H,5-7,13-14H2,1-4H3/t9?,10-,12?/m0/s1. The first kappa shape index (κ1) is 16.2. The van der Waals surface area contributed by atoms with Crippen molar-refractivity contribution in [3.63, 3.8) is 0 Å². The van der Waals surface area contributed by atoms with E-state index in [2.05, 4.69) is 5.32 Å². The van der Waals surface area contributed by atoms with E-state index in [9.17, 15) is 9.59 Å². The Bertz CT molecular complexity index is 277. The van der Waals surface area contributed by atoms with Crippen LogP contribution in [-0.2, 0) is 9.59 Å². The highest BCUT2D eigenvalue weighted by Gasteiger charge is 2.33. The lowest BCUT2D eigenvalue weighted by Gasteiger charge is -2.35. The van der Waals surface area contributed by atoms with E-state index < -0.39 is 23.1 Å². The summed E-state index contributed by atoms with van der Waals surface area (Å²) in [6, 6.07) is -0.798. The van der Waals surface area contributed by atoms with Gasteiger partial charge in [0.15, 0.2) is 5.78 Å². The first-order valence-electron chi connectivity index (χ1n) is 6.00. The molecule has 2 unspecified atom stereocenters. The number of ketones is 2. The van der Waals surface area contributed by atoms with Crippen LogP contribution in [0.3, 0.4) is 0 Å². The van der Waals surface area contributed by atoms with Crippen LogP contribution in [0.15, 0.2) is 0 Å². The van der Waals surface area contributed by atoms with E-state index in [0.717, 1.165) is 13.0 Å². The van der Waals surface area contributed by atoms with Gasteiger partial charge in [-0.3, -0.25) is 9.59 Å². The average Bonchev–Trinajstić information content (AvgIpc) is 2.23. The molecule has 0 aromatic heterocycles. The SMILES string of the molecule is CCC(CNC)C(C)(N)C[C@H](N)C(=O)C(C)=O. The Hall–Kier alpha value is -0.780. The van der Waals surface area contributed by atoms with Crippen molar-refractivity contribution < 1.29 is 9.59 Å². The van der Waals surface area contributed by atoms with Crippen LogP contribution in [-0.4, -0.2) is 36.7 Å². The molecule has 0 heterocycles. The lowest BCUT2D eigenvalue weighted by atomic mass is 9.79. The van der Waals surface area contributed by atoms with Crippen LogP contribution in [0.5, 0.6) is 0 Å². The minimum Gasteiger partial charge on any atom is -0.325 e. The molecule has 5 nitrogen and oxygen atoms in total. The Morgan fingerprint density at radius 2 is 1.94 bits per heavy atom. The van der Waals surface area contributed by atoms with Gasteiger partial charge in [0.25, 0.3) is 0 Å². The number of carbonyl (C=O) groups excluding carboxylic acids is 2. The molecule has 5 heteroatoms. The lowest BCUT2D eigenvalue weighted by molar-refractivity contribution is -0.136. The molecule has 0 saturated heterocycles. The fourth-order valence-corrected chi connectivity index (χ4v) is 2.08. The van der Waals surface area contributed by atoms with Gasteiger partial charge in [-0.25, -0.2) is 0 Å². The van der Waals surface area contributed by atoms with Gasteiger partial charge < -0.3 is 16.8 Å². The molecule has 0 bridgehead atoms. The summed E-state index contributed by atoms with van der Waals surface area (Å²) in [4.78, 5) is 22.4. The van der Waals surface area contributed by atoms with Gasteiger partial charge in [0.05, 0.1) is 6.04 Å². The Balaban J connectivity index is 4.61. The molecular weight excluding hydrogens is 218 g/mol. The van der Waals surface area contributed by atoms with Crippen molar-refractivity contribution in [3.8, 4) is 0 Å². The van der Waals surface area contributed by atoms with E-state index in [4.69, 9.17) is 11.5 Å². The summed E-state index contributed by atoms with van der Waals surface area (Å²) >= 11 is 0. The Morgan fingerprint density at radius 1 is 1.41 bits per heavy atom. The molecule has 17 heavy (non-hydrogen) atoms. The molecule has 5 N–H and O–H groups in total. The van der Waals surface area contributed by atoms with Crippen molar-refractivity contribution >= 4 is 11.6 Å². The van der Waals surface area contributed by atoms with E-state index in [1.165, 1.54) is 6.92 Å². The van der Waals surface area contributed by atoms with Crippen molar-refractivity contribution in [2.75, 3.05) is 13.6 Å². The quantitative estimate of drug-likeness (QED) is 0.514. The van der Waals surface area contributed by atoms with Gasteiger partial charge in [0.2, 0.25) is 5.78 Å². The van der Waals surface area contributed by atoms with Crippen molar-refractivity contribution in [1.29, 1.82) is 0 Å². The minimum atomic E-state index is -0.798. The molecule has 0 aliphatic heterocycles. The number of nitrogens with two attached hydrogens (primary N) is 2. The zero-order chi connectivity index (χ0) is 13.6. The summed E-state index contributed by atoms with van der Waals surface area (Å²) in [6.07, 6.45) is 1.22. The summed E-state index contributed by atoms with van der Waals surface area (Å²) in [7, 11) is 1.86. The predicted molar refractivity (Wildman–Crippen MR) is 68.6 cm³/mol. The summed E-state index contributed by atoms with van der Waals surface area (Å²) in [6.45, 7) is 5.93. The zero-order valence-electron chi connectivity index (χ0n) is 11.2. The monoisotopic (exact) mass is 243 g/mol. The Kier molecular flexibility index (Phi) is 6.52. The molecule has 0 fully saturated rings. The van der Waals surface area contributed by atoms with Crippen LogP contribution in [0, 0.1) is 5.92 Å². The molecule has 100 valence electrons. The minimum absolute atomic E-state index is 0.221. The number of hydrogen-bond acceptors (Lipinski definition) is 5. The van der Waals surface area contributed by atoms with Gasteiger partial charge in [-0.15, -0.1) is 0 Å². The van der Waals surface area contributed by atoms with Crippen molar-refractivity contribution in [2.24, 2.45) is 17.4 Å². The third-order valence-electron chi connectivity index (χ3n) is 3.22. The molecular formula is C12H25N3O2. The maximum atomic E-state index is 11.4. The van der Waals surface area contributed by atoms with Crippen LogP contribution in [0.2, 0.25) is 0 Å². The van der Waals surface area contributed by atoms with Crippen molar-refractivity contribution in [1.82, 2.24) is 5.32 Å². The highest BCUT2D eigenvalue weighted by molar-refractivity contribution is 6.38. The molecule has 0 aliphatic rings. The first-order valence-corrected chi connectivity index (χ1v) is 6.00. The summed E-state index contributed by atoms with van der Waals surface area (Å²) < 4.78 is 0. The molecule has 3 atom stereocenters. The molecule has 0 amide bonds. The van der Waals surface area contributed by atoms with Gasteiger partial charge in [-0.1, -0.05) is 13.3 Å². The summed E-state index contributed by atoms with van der Waals surface area (Å²) in [5.74, 6) is -0.825. The highest BCUT2D eigenvalue weighted by Crippen LogP contribution is 2.22. The first-order chi connectivity index (χ1) is 7.76. The fourth-order valence-electron chi connectivity index (χ4n) is 2.08. The normalized spacial score (nSPS) is 18.2. The smallest absolute Gasteiger partial charge is 0.214 e. The van der Waals surface area contributed by atoms with Crippen LogP contribution in [0.1, 0.15) is 33.6 Å². The maximum Gasteiger partial charge on any atom is 0.214 e. The van der Waals surface area contributed by atoms with E-state index in [1.54, 1.807) is 0 Å². The lowest BCUT2D eigenvalue weighted by Crippen LogP contribution is -2.53. The number of hydrogen-bond donors (Lipinski definition) is 3. The van der Waals surface area contributed by atoms with E-state index in [1.807, 2.05) is 20.9 Å². The second-order valence-corrected chi connectivity index (χ2v) is 4.90. The van der Waals surface area contributed by atoms with Crippen LogP contribution >= 0.6 is 0 Å². The van der Waals surface area contributed by atoms with Gasteiger partial charge in [0, 0.05) is 12.5 Å². The third-order valence-corrected chi connectivity index (χ3v) is 3.22. The number of Topliss-reactive ketones (excluding diaryl/α,β-unsaturated/α-hetero) is 2. The highest BCUT2D eigenvalue weighted by atomic mass is 16.2. The van der Waals surface area contributed by atoms with E-state index in [-0.39, 0.29) is 5.92 Å². The van der Waals surface area contributed by atoms with E-state index in [0.29, 0.717) is 6.42 Å². The van der Waals surface area contributed by atoms with Crippen molar-refractivity contribution in [2.45, 2.75) is 45.2 Å². The van der Waals surface area contributed by atoms with Crippen LogP contribution in [0.4, 0.5) is 0 Å². The van der Waals surface area contributed by atoms with Crippen molar-refractivity contribution in [3.05, 3.63) is 0 Å². The summed E-state index contributed by atoms with van der Waals surface area (Å²) in [5.41, 5.74) is 11.4. The molecule has 0 spiro atoms. The van der Waals surface area contributed by atoms with E-state index >= 15 is 0 Å². The number of nitrogens with one attached hydrogen (secondary N) is 1. The maximum absolute atomic E-state index is 11.4. The Labute approximate surface area is 103 Å². The van der Waals surface area contributed by atoms with Crippen LogP contribution in [0.25, 0.3) is 0 Å². The van der Waals surface area contributed by atoms with Gasteiger partial charge in [-0.05, 0) is 32.9 Å². The summed E-state index contributed by atoms with van der Waals surface area (Å²) in [5, 5.41) is 3.08. The second-order valence-electron chi connectivity index (χ2n) is 4.90. The number of rotatable bonds is 8. The second kappa shape index (κ2) is 6.83. The topological polar surface area (TPSA) is 98.2 Å². The molecule has 0 aromatic rings.